The molecule has 0 bridgehead atoms. The average Bonchev–Trinajstić information content (AvgIpc) is 2.93. The molecule has 1 amide bonds. The number of hydrogen-bond acceptors (Lipinski definition) is 4. The van der Waals surface area contributed by atoms with Crippen LogP contribution in [0.1, 0.15) is 19.8 Å². The van der Waals surface area contributed by atoms with Gasteiger partial charge < -0.3 is 11.1 Å². The number of benzene rings is 1. The molecule has 6 heteroatoms. The van der Waals surface area contributed by atoms with E-state index in [4.69, 9.17) is 5.73 Å². The Hall–Kier alpha value is -2.21. The number of nitrogens with two attached hydrogens (primary N) is 1. The van der Waals surface area contributed by atoms with Crippen LogP contribution in [0.5, 0.6) is 0 Å². The third-order valence-electron chi connectivity index (χ3n) is 2.77. The van der Waals surface area contributed by atoms with Crippen LogP contribution < -0.4 is 11.1 Å². The van der Waals surface area contributed by atoms with Crippen molar-refractivity contribution >= 4 is 11.6 Å². The van der Waals surface area contributed by atoms with E-state index in [1.807, 2.05) is 31.2 Å². The van der Waals surface area contributed by atoms with E-state index in [0.717, 1.165) is 12.1 Å². The van der Waals surface area contributed by atoms with Crippen LogP contribution in [0.25, 0.3) is 5.69 Å². The Labute approximate surface area is 111 Å². The summed E-state index contributed by atoms with van der Waals surface area (Å²) in [5, 5.41) is 10.3. The molecule has 6 nitrogen and oxygen atoms in total. The molecule has 0 radical (unpaired) electrons. The topological polar surface area (TPSA) is 85.8 Å². The van der Waals surface area contributed by atoms with E-state index in [2.05, 4.69) is 15.5 Å². The minimum Gasteiger partial charge on any atom is -0.325 e. The molecule has 1 heterocycles. The summed E-state index contributed by atoms with van der Waals surface area (Å²) >= 11 is 0. The van der Waals surface area contributed by atoms with Crippen LogP contribution >= 0.6 is 0 Å². The van der Waals surface area contributed by atoms with E-state index in [1.165, 1.54) is 0 Å². The number of rotatable bonds is 5. The first-order chi connectivity index (χ1) is 9.20. The first-order valence-electron chi connectivity index (χ1n) is 6.22. The quantitative estimate of drug-likeness (QED) is 0.848. The Kier molecular flexibility index (Phi) is 4.25. The Balaban J connectivity index is 2.09. The van der Waals surface area contributed by atoms with Gasteiger partial charge in [0.25, 0.3) is 0 Å². The molecule has 0 aliphatic carbocycles. The Morgan fingerprint density at radius 1 is 1.42 bits per heavy atom. The Bertz CT molecular complexity index is 538. The van der Waals surface area contributed by atoms with Gasteiger partial charge in [-0.25, -0.2) is 0 Å². The number of anilines is 1. The highest BCUT2D eigenvalue weighted by Crippen LogP contribution is 2.14. The molecule has 0 saturated carbocycles. The second kappa shape index (κ2) is 6.10. The predicted octanol–water partition coefficient (Wildman–Crippen LogP) is 1.33. The molecule has 100 valence electrons. The van der Waals surface area contributed by atoms with Crippen molar-refractivity contribution in [1.29, 1.82) is 0 Å². The Morgan fingerprint density at radius 2 is 2.16 bits per heavy atom. The van der Waals surface area contributed by atoms with E-state index >= 15 is 0 Å². The number of amides is 1. The highest BCUT2D eigenvalue weighted by atomic mass is 16.2. The molecule has 1 atom stereocenters. The molecule has 0 spiro atoms. The van der Waals surface area contributed by atoms with Crippen molar-refractivity contribution < 1.29 is 4.79 Å². The highest BCUT2D eigenvalue weighted by molar-refractivity contribution is 5.94. The fourth-order valence-electron chi connectivity index (χ4n) is 1.76. The first-order valence-corrected chi connectivity index (χ1v) is 6.22. The van der Waals surface area contributed by atoms with Gasteiger partial charge in [0, 0.05) is 5.69 Å². The lowest BCUT2D eigenvalue weighted by Crippen LogP contribution is -2.35. The van der Waals surface area contributed by atoms with E-state index < -0.39 is 6.04 Å². The lowest BCUT2D eigenvalue weighted by Gasteiger charge is -2.12. The predicted molar refractivity (Wildman–Crippen MR) is 72.9 cm³/mol. The van der Waals surface area contributed by atoms with Crippen molar-refractivity contribution in [2.24, 2.45) is 5.73 Å². The van der Waals surface area contributed by atoms with Crippen LogP contribution in [0.4, 0.5) is 5.69 Å². The lowest BCUT2D eigenvalue weighted by atomic mass is 10.1. The van der Waals surface area contributed by atoms with Gasteiger partial charge in [-0.1, -0.05) is 19.4 Å². The molecule has 3 N–H and O–H groups in total. The minimum atomic E-state index is -0.469. The molecule has 1 aromatic carbocycles. The van der Waals surface area contributed by atoms with Gasteiger partial charge in [-0.15, -0.1) is 10.2 Å². The molecule has 0 aliphatic rings. The summed E-state index contributed by atoms with van der Waals surface area (Å²) in [6.07, 6.45) is 4.76. The van der Waals surface area contributed by atoms with Crippen LogP contribution in [-0.4, -0.2) is 26.7 Å². The van der Waals surface area contributed by atoms with Gasteiger partial charge in [-0.05, 0) is 24.6 Å². The molecule has 1 aromatic heterocycles. The molecular weight excluding hydrogens is 242 g/mol. The van der Waals surface area contributed by atoms with Crippen molar-refractivity contribution in [3.63, 3.8) is 0 Å². The van der Waals surface area contributed by atoms with E-state index in [-0.39, 0.29) is 5.91 Å². The number of aromatic nitrogens is 3. The average molecular weight is 259 g/mol. The molecule has 19 heavy (non-hydrogen) atoms. The molecule has 0 saturated heterocycles. The fraction of sp³-hybridized carbons (Fsp3) is 0.308. The molecule has 2 rings (SSSR count). The summed E-state index contributed by atoms with van der Waals surface area (Å²) in [7, 11) is 0. The first kappa shape index (κ1) is 13.2. The maximum atomic E-state index is 11.8. The summed E-state index contributed by atoms with van der Waals surface area (Å²) in [5.74, 6) is -0.164. The van der Waals surface area contributed by atoms with Gasteiger partial charge in [0.15, 0.2) is 0 Å². The molecule has 0 unspecified atom stereocenters. The molecule has 2 aromatic rings. The molecule has 0 aliphatic heterocycles. The third kappa shape index (κ3) is 3.38. The SMILES string of the molecule is CCC[C@H](N)C(=O)Nc1cccc(-n2cnnc2)c1. The second-order valence-electron chi connectivity index (χ2n) is 4.30. The summed E-state index contributed by atoms with van der Waals surface area (Å²) < 4.78 is 1.77. The van der Waals surface area contributed by atoms with Crippen LogP contribution in [0.2, 0.25) is 0 Å². The van der Waals surface area contributed by atoms with Crippen molar-refractivity contribution in [2.45, 2.75) is 25.8 Å². The summed E-state index contributed by atoms with van der Waals surface area (Å²) in [6.45, 7) is 2.00. The van der Waals surface area contributed by atoms with Crippen molar-refractivity contribution in [3.8, 4) is 5.69 Å². The van der Waals surface area contributed by atoms with E-state index in [1.54, 1.807) is 17.2 Å². The zero-order valence-corrected chi connectivity index (χ0v) is 10.8. The van der Waals surface area contributed by atoms with Crippen LogP contribution in [0.15, 0.2) is 36.9 Å². The van der Waals surface area contributed by atoms with Gasteiger partial charge in [0.2, 0.25) is 5.91 Å². The fourth-order valence-corrected chi connectivity index (χ4v) is 1.76. The van der Waals surface area contributed by atoms with Crippen molar-refractivity contribution in [1.82, 2.24) is 14.8 Å². The van der Waals surface area contributed by atoms with Gasteiger partial charge in [-0.3, -0.25) is 9.36 Å². The zero-order valence-electron chi connectivity index (χ0n) is 10.8. The van der Waals surface area contributed by atoms with Crippen molar-refractivity contribution in [3.05, 3.63) is 36.9 Å². The summed E-state index contributed by atoms with van der Waals surface area (Å²) in [4.78, 5) is 11.8. The van der Waals surface area contributed by atoms with Crippen molar-refractivity contribution in [2.75, 3.05) is 5.32 Å². The third-order valence-corrected chi connectivity index (χ3v) is 2.77. The smallest absolute Gasteiger partial charge is 0.241 e. The van der Waals surface area contributed by atoms with Gasteiger partial charge in [0.1, 0.15) is 12.7 Å². The lowest BCUT2D eigenvalue weighted by molar-refractivity contribution is -0.117. The standard InChI is InChI=1S/C13H17N5O/c1-2-4-12(14)13(19)17-10-5-3-6-11(7-10)18-8-15-16-9-18/h3,5-9,12H,2,4,14H2,1H3,(H,17,19)/t12-/m0/s1. The number of hydrogen-bond donors (Lipinski definition) is 2. The number of nitrogens with one attached hydrogen (secondary N) is 1. The number of carbonyl (C=O) groups excluding carboxylic acids is 1. The largest absolute Gasteiger partial charge is 0.325 e. The number of carbonyl (C=O) groups is 1. The maximum Gasteiger partial charge on any atom is 0.241 e. The minimum absolute atomic E-state index is 0.164. The van der Waals surface area contributed by atoms with Crippen LogP contribution in [0.3, 0.4) is 0 Å². The van der Waals surface area contributed by atoms with Gasteiger partial charge in [-0.2, -0.15) is 0 Å². The van der Waals surface area contributed by atoms with Gasteiger partial charge in [0.05, 0.1) is 11.7 Å². The summed E-state index contributed by atoms with van der Waals surface area (Å²) in [6, 6.07) is 6.97. The van der Waals surface area contributed by atoms with E-state index in [0.29, 0.717) is 12.1 Å². The van der Waals surface area contributed by atoms with Crippen LogP contribution in [0, 0.1) is 0 Å². The monoisotopic (exact) mass is 259 g/mol. The number of nitrogens with zero attached hydrogens (tertiary/aromatic N) is 3. The zero-order chi connectivity index (χ0) is 13.7. The van der Waals surface area contributed by atoms with E-state index in [9.17, 15) is 4.79 Å². The Morgan fingerprint density at radius 3 is 2.84 bits per heavy atom. The molecule has 0 fully saturated rings. The van der Waals surface area contributed by atoms with Gasteiger partial charge >= 0.3 is 0 Å². The normalized spacial score (nSPS) is 12.1. The molecular formula is C13H17N5O. The summed E-state index contributed by atoms with van der Waals surface area (Å²) in [5.41, 5.74) is 7.36. The van der Waals surface area contributed by atoms with Crippen LogP contribution in [-0.2, 0) is 4.79 Å². The maximum absolute atomic E-state index is 11.8. The second-order valence-corrected chi connectivity index (χ2v) is 4.30. The highest BCUT2D eigenvalue weighted by Gasteiger charge is 2.12.